The summed E-state index contributed by atoms with van der Waals surface area (Å²) in [5.41, 5.74) is 1.80. The summed E-state index contributed by atoms with van der Waals surface area (Å²) < 4.78 is 22.4. The van der Waals surface area contributed by atoms with Crippen molar-refractivity contribution in [2.24, 2.45) is 11.1 Å². The Morgan fingerprint density at radius 2 is 2.14 bits per heavy atom. The lowest BCUT2D eigenvalue weighted by atomic mass is 10.1. The smallest absolute Gasteiger partial charge is 0.251 e. The maximum absolute atomic E-state index is 12.2. The Bertz CT molecular complexity index is 715. The predicted molar refractivity (Wildman–Crippen MR) is 83.0 cm³/mol. The number of carbonyl (C=O) groups excluding carboxylic acids is 2. The number of carbonyl (C=O) groups is 2. The van der Waals surface area contributed by atoms with Crippen molar-refractivity contribution < 1.29 is 18.0 Å². The third-order valence-electron chi connectivity index (χ3n) is 3.74. The Hall–Kier alpha value is -1.93. The molecule has 1 fully saturated rings. The molecule has 0 spiro atoms. The third-order valence-corrected chi connectivity index (χ3v) is 4.68. The van der Waals surface area contributed by atoms with Crippen LogP contribution >= 0.6 is 0 Å². The summed E-state index contributed by atoms with van der Waals surface area (Å²) in [5, 5.41) is 7.60. The van der Waals surface area contributed by atoms with Gasteiger partial charge in [-0.2, -0.15) is 0 Å². The average molecular weight is 325 g/mol. The number of sulfonamides is 1. The molecule has 2 amide bonds. The van der Waals surface area contributed by atoms with E-state index in [1.165, 1.54) is 11.9 Å². The van der Waals surface area contributed by atoms with Crippen molar-refractivity contribution in [1.29, 1.82) is 0 Å². The lowest BCUT2D eigenvalue weighted by Gasteiger charge is -2.20. The highest BCUT2D eigenvalue weighted by Gasteiger charge is 2.33. The standard InChI is InChI=1S/C14H19N3O4S/c1-9-11(14(19)16-2)4-3-5-12(9)17-7-10(6-13(17)18)8-22(15,20)21/h3-5,10H,6-8H2,1-2H3,(H,16,19)(H2,15,20,21). The molecule has 0 saturated carbocycles. The molecule has 1 aromatic rings. The Morgan fingerprint density at radius 3 is 2.73 bits per heavy atom. The first-order valence-corrected chi connectivity index (χ1v) is 8.57. The van der Waals surface area contributed by atoms with Gasteiger partial charge in [-0.15, -0.1) is 0 Å². The van der Waals surface area contributed by atoms with Gasteiger partial charge in [-0.05, 0) is 24.6 Å². The summed E-state index contributed by atoms with van der Waals surface area (Å²) in [6, 6.07) is 5.13. The van der Waals surface area contributed by atoms with Crippen LogP contribution in [0, 0.1) is 12.8 Å². The molecule has 1 aliphatic heterocycles. The Kier molecular flexibility index (Phi) is 4.52. The molecule has 0 aliphatic carbocycles. The first kappa shape index (κ1) is 16.4. The van der Waals surface area contributed by atoms with E-state index in [9.17, 15) is 18.0 Å². The molecule has 1 aromatic carbocycles. The van der Waals surface area contributed by atoms with Gasteiger partial charge in [-0.1, -0.05) is 6.07 Å². The lowest BCUT2D eigenvalue weighted by molar-refractivity contribution is -0.117. The zero-order valence-electron chi connectivity index (χ0n) is 12.5. The van der Waals surface area contributed by atoms with Crippen molar-refractivity contribution in [3.05, 3.63) is 29.3 Å². The molecule has 1 atom stereocenters. The van der Waals surface area contributed by atoms with Gasteiger partial charge in [-0.3, -0.25) is 9.59 Å². The molecule has 0 radical (unpaired) electrons. The van der Waals surface area contributed by atoms with Gasteiger partial charge >= 0.3 is 0 Å². The van der Waals surface area contributed by atoms with Gasteiger partial charge in [0.05, 0.1) is 5.75 Å². The molecule has 120 valence electrons. The number of hydrogen-bond donors (Lipinski definition) is 2. The zero-order chi connectivity index (χ0) is 16.5. The van der Waals surface area contributed by atoms with Crippen LogP contribution in [0.2, 0.25) is 0 Å². The quantitative estimate of drug-likeness (QED) is 0.811. The van der Waals surface area contributed by atoms with Gasteiger partial charge in [0, 0.05) is 37.2 Å². The molecule has 1 heterocycles. The van der Waals surface area contributed by atoms with Crippen molar-refractivity contribution >= 4 is 27.5 Å². The fraction of sp³-hybridized carbons (Fsp3) is 0.429. The Balaban J connectivity index is 2.29. The van der Waals surface area contributed by atoms with Crippen LogP contribution in [-0.2, 0) is 14.8 Å². The minimum atomic E-state index is -3.62. The summed E-state index contributed by atoms with van der Waals surface area (Å²) in [6.07, 6.45) is 0.139. The summed E-state index contributed by atoms with van der Waals surface area (Å²) in [7, 11) is -2.08. The van der Waals surface area contributed by atoms with Gasteiger partial charge < -0.3 is 10.2 Å². The SMILES string of the molecule is CNC(=O)c1cccc(N2CC(CS(N)(=O)=O)CC2=O)c1C. The van der Waals surface area contributed by atoms with Gasteiger partial charge in [0.25, 0.3) is 5.91 Å². The maximum atomic E-state index is 12.2. The van der Waals surface area contributed by atoms with Crippen molar-refractivity contribution in [2.45, 2.75) is 13.3 Å². The average Bonchev–Trinajstić information content (AvgIpc) is 2.76. The number of nitrogens with one attached hydrogen (secondary N) is 1. The number of hydrogen-bond acceptors (Lipinski definition) is 4. The minimum Gasteiger partial charge on any atom is -0.355 e. The summed E-state index contributed by atoms with van der Waals surface area (Å²) in [4.78, 5) is 25.5. The van der Waals surface area contributed by atoms with Gasteiger partial charge in [-0.25, -0.2) is 13.6 Å². The molecular weight excluding hydrogens is 306 g/mol. The number of primary sulfonamides is 1. The van der Waals surface area contributed by atoms with Gasteiger partial charge in [0.1, 0.15) is 0 Å². The fourth-order valence-corrected chi connectivity index (χ4v) is 3.63. The molecule has 0 bridgehead atoms. The third kappa shape index (κ3) is 3.45. The highest BCUT2D eigenvalue weighted by molar-refractivity contribution is 7.89. The molecule has 1 saturated heterocycles. The first-order chi connectivity index (χ1) is 10.2. The molecule has 7 nitrogen and oxygen atoms in total. The number of anilines is 1. The summed E-state index contributed by atoms with van der Waals surface area (Å²) >= 11 is 0. The molecule has 1 unspecified atom stereocenters. The van der Waals surface area contributed by atoms with E-state index in [0.29, 0.717) is 16.8 Å². The normalized spacial score (nSPS) is 18.6. The van der Waals surface area contributed by atoms with E-state index in [0.717, 1.165) is 0 Å². The van der Waals surface area contributed by atoms with E-state index in [2.05, 4.69) is 5.32 Å². The van der Waals surface area contributed by atoms with Crippen LogP contribution in [0.5, 0.6) is 0 Å². The molecule has 1 aliphatic rings. The summed E-state index contributed by atoms with van der Waals surface area (Å²) in [5.74, 6) is -0.938. The van der Waals surface area contributed by atoms with Crippen LogP contribution in [0.3, 0.4) is 0 Å². The van der Waals surface area contributed by atoms with Crippen LogP contribution < -0.4 is 15.4 Å². The topological polar surface area (TPSA) is 110 Å². The Labute approximate surface area is 129 Å². The minimum absolute atomic E-state index is 0.139. The zero-order valence-corrected chi connectivity index (χ0v) is 13.3. The van der Waals surface area contributed by atoms with Gasteiger partial charge in [0.15, 0.2) is 0 Å². The highest BCUT2D eigenvalue weighted by atomic mass is 32.2. The van der Waals surface area contributed by atoms with Crippen molar-refractivity contribution in [1.82, 2.24) is 5.32 Å². The van der Waals surface area contributed by atoms with E-state index >= 15 is 0 Å². The van der Waals surface area contributed by atoms with Crippen LogP contribution in [0.1, 0.15) is 22.3 Å². The van der Waals surface area contributed by atoms with Crippen LogP contribution in [-0.4, -0.2) is 39.6 Å². The second kappa shape index (κ2) is 6.05. The summed E-state index contributed by atoms with van der Waals surface area (Å²) in [6.45, 7) is 2.05. The maximum Gasteiger partial charge on any atom is 0.251 e. The molecular formula is C14H19N3O4S. The predicted octanol–water partition coefficient (Wildman–Crippen LogP) is -0.00398. The van der Waals surface area contributed by atoms with E-state index in [4.69, 9.17) is 5.14 Å². The molecule has 22 heavy (non-hydrogen) atoms. The van der Waals surface area contributed by atoms with Crippen molar-refractivity contribution in [3.8, 4) is 0 Å². The highest BCUT2D eigenvalue weighted by Crippen LogP contribution is 2.30. The second-order valence-electron chi connectivity index (χ2n) is 5.43. The van der Waals surface area contributed by atoms with Gasteiger partial charge in [0.2, 0.25) is 15.9 Å². The lowest BCUT2D eigenvalue weighted by Crippen LogP contribution is -2.28. The second-order valence-corrected chi connectivity index (χ2v) is 7.09. The molecule has 3 N–H and O–H groups in total. The van der Waals surface area contributed by atoms with E-state index in [1.807, 2.05) is 0 Å². The molecule has 2 rings (SSSR count). The molecule has 0 aromatic heterocycles. The monoisotopic (exact) mass is 325 g/mol. The van der Waals surface area contributed by atoms with Crippen LogP contribution in [0.15, 0.2) is 18.2 Å². The largest absolute Gasteiger partial charge is 0.355 e. The van der Waals surface area contributed by atoms with Crippen molar-refractivity contribution in [3.63, 3.8) is 0 Å². The number of amides is 2. The van der Waals surface area contributed by atoms with Crippen molar-refractivity contribution in [2.75, 3.05) is 24.2 Å². The molecule has 8 heteroatoms. The first-order valence-electron chi connectivity index (χ1n) is 6.85. The van der Waals surface area contributed by atoms with Crippen LogP contribution in [0.4, 0.5) is 5.69 Å². The number of benzene rings is 1. The number of rotatable bonds is 4. The van der Waals surface area contributed by atoms with Crippen LogP contribution in [0.25, 0.3) is 0 Å². The Morgan fingerprint density at radius 1 is 1.45 bits per heavy atom. The number of nitrogens with two attached hydrogens (primary N) is 1. The fourth-order valence-electron chi connectivity index (χ4n) is 2.75. The van der Waals surface area contributed by atoms with E-state index in [1.54, 1.807) is 25.1 Å². The van der Waals surface area contributed by atoms with E-state index in [-0.39, 0.29) is 36.5 Å². The van der Waals surface area contributed by atoms with E-state index < -0.39 is 10.0 Å². The number of nitrogens with zero attached hydrogens (tertiary/aromatic N) is 1.